The molecule has 6 heteroatoms. The first-order valence-corrected chi connectivity index (χ1v) is 7.47. The molecule has 0 aliphatic rings. The average Bonchev–Trinajstić information content (AvgIpc) is 2.95. The van der Waals surface area contributed by atoms with E-state index < -0.39 is 0 Å². The highest BCUT2D eigenvalue weighted by atomic mass is 35.5. The van der Waals surface area contributed by atoms with Gasteiger partial charge in [-0.05, 0) is 29.8 Å². The second-order valence-electron chi connectivity index (χ2n) is 4.51. The Morgan fingerprint density at radius 3 is 2.86 bits per heavy atom. The van der Waals surface area contributed by atoms with Gasteiger partial charge in [0.25, 0.3) is 0 Å². The lowest BCUT2D eigenvalue weighted by atomic mass is 10.1. The third kappa shape index (κ3) is 4.19. The van der Waals surface area contributed by atoms with Gasteiger partial charge in [0, 0.05) is 18.0 Å². The third-order valence-electron chi connectivity index (χ3n) is 2.97. The number of anilines is 2. The first kappa shape index (κ1) is 16.3. The van der Waals surface area contributed by atoms with E-state index in [0.717, 1.165) is 28.8 Å². The molecule has 3 rings (SSSR count). The Labute approximate surface area is 139 Å². The maximum Gasteiger partial charge on any atom is 0.188 e. The Morgan fingerprint density at radius 2 is 2.09 bits per heavy atom. The molecule has 0 aliphatic carbocycles. The Morgan fingerprint density at radius 1 is 1.18 bits per heavy atom. The number of hydrogen-bond donors (Lipinski definition) is 1. The molecule has 2 heterocycles. The van der Waals surface area contributed by atoms with Gasteiger partial charge >= 0.3 is 0 Å². The van der Waals surface area contributed by atoms with E-state index in [0.29, 0.717) is 0 Å². The number of benzene rings is 1. The lowest BCUT2D eigenvalue weighted by Gasteiger charge is -2.03. The summed E-state index contributed by atoms with van der Waals surface area (Å²) in [6, 6.07) is 13.8. The summed E-state index contributed by atoms with van der Waals surface area (Å²) in [5.74, 6) is 1.68. The summed E-state index contributed by atoms with van der Waals surface area (Å²) in [7, 11) is 1.68. The number of nitrogens with zero attached hydrogens (tertiary/aromatic N) is 2. The number of aromatic nitrogens is 2. The SMILES string of the molecule is COc1cccc(Cc2csc(Nc3ccccn3)n2)c1.Cl. The predicted octanol–water partition coefficient (Wildman–Crippen LogP) is 4.30. The van der Waals surface area contributed by atoms with Crippen LogP contribution in [0.2, 0.25) is 0 Å². The van der Waals surface area contributed by atoms with Crippen LogP contribution in [0.1, 0.15) is 11.3 Å². The molecule has 0 bridgehead atoms. The van der Waals surface area contributed by atoms with Crippen LogP contribution in [-0.4, -0.2) is 17.1 Å². The molecule has 4 nitrogen and oxygen atoms in total. The summed E-state index contributed by atoms with van der Waals surface area (Å²) in [6.45, 7) is 0. The zero-order valence-corrected chi connectivity index (χ0v) is 13.7. The van der Waals surface area contributed by atoms with Crippen LogP contribution < -0.4 is 10.1 Å². The van der Waals surface area contributed by atoms with Crippen LogP contribution in [0.4, 0.5) is 10.9 Å². The van der Waals surface area contributed by atoms with Crippen molar-refractivity contribution >= 4 is 34.7 Å². The van der Waals surface area contributed by atoms with Crippen molar-refractivity contribution in [3.05, 3.63) is 65.3 Å². The standard InChI is InChI=1S/C16H15N3OS.ClH/c1-20-14-6-4-5-12(10-14)9-13-11-21-16(18-13)19-15-7-2-3-8-17-15;/h2-8,10-11H,9H2,1H3,(H,17,18,19);1H. The van der Waals surface area contributed by atoms with E-state index in [1.807, 2.05) is 36.4 Å². The Hall–Kier alpha value is -2.11. The molecule has 2 aromatic heterocycles. The van der Waals surface area contributed by atoms with Crippen LogP contribution in [0.15, 0.2) is 54.0 Å². The zero-order valence-electron chi connectivity index (χ0n) is 12.0. The van der Waals surface area contributed by atoms with Crippen LogP contribution in [0.3, 0.4) is 0 Å². The fraction of sp³-hybridized carbons (Fsp3) is 0.125. The van der Waals surface area contributed by atoms with Crippen molar-refractivity contribution in [1.29, 1.82) is 0 Å². The first-order chi connectivity index (χ1) is 10.3. The molecular formula is C16H16ClN3OS. The molecule has 0 saturated carbocycles. The fourth-order valence-electron chi connectivity index (χ4n) is 1.98. The first-order valence-electron chi connectivity index (χ1n) is 6.59. The molecular weight excluding hydrogens is 318 g/mol. The van der Waals surface area contributed by atoms with E-state index in [2.05, 4.69) is 26.7 Å². The fourth-order valence-corrected chi connectivity index (χ4v) is 2.70. The summed E-state index contributed by atoms with van der Waals surface area (Å²) in [5, 5.41) is 6.12. The number of pyridine rings is 1. The molecule has 1 aromatic carbocycles. The number of halogens is 1. The van der Waals surface area contributed by atoms with Crippen LogP contribution in [0.25, 0.3) is 0 Å². The van der Waals surface area contributed by atoms with Crippen molar-refractivity contribution in [2.24, 2.45) is 0 Å². The second-order valence-corrected chi connectivity index (χ2v) is 5.37. The summed E-state index contributed by atoms with van der Waals surface area (Å²) >= 11 is 1.58. The molecule has 22 heavy (non-hydrogen) atoms. The highest BCUT2D eigenvalue weighted by Gasteiger charge is 2.05. The normalized spacial score (nSPS) is 9.86. The summed E-state index contributed by atoms with van der Waals surface area (Å²) < 4.78 is 5.24. The van der Waals surface area contributed by atoms with Crippen LogP contribution in [0, 0.1) is 0 Å². The number of thiazole rings is 1. The Bertz CT molecular complexity index is 718. The topological polar surface area (TPSA) is 47.0 Å². The van der Waals surface area contributed by atoms with E-state index in [1.165, 1.54) is 5.56 Å². The molecule has 114 valence electrons. The maximum absolute atomic E-state index is 5.24. The number of nitrogens with one attached hydrogen (secondary N) is 1. The minimum Gasteiger partial charge on any atom is -0.497 e. The van der Waals surface area contributed by atoms with Gasteiger partial charge in [0.05, 0.1) is 12.8 Å². The van der Waals surface area contributed by atoms with Gasteiger partial charge in [0.2, 0.25) is 0 Å². The maximum atomic E-state index is 5.24. The van der Waals surface area contributed by atoms with Crippen molar-refractivity contribution in [3.63, 3.8) is 0 Å². The third-order valence-corrected chi connectivity index (χ3v) is 3.78. The molecule has 0 fully saturated rings. The van der Waals surface area contributed by atoms with Crippen molar-refractivity contribution in [1.82, 2.24) is 9.97 Å². The number of hydrogen-bond acceptors (Lipinski definition) is 5. The highest BCUT2D eigenvalue weighted by molar-refractivity contribution is 7.13. The lowest BCUT2D eigenvalue weighted by molar-refractivity contribution is 0.414. The average molecular weight is 334 g/mol. The number of ether oxygens (including phenoxy) is 1. The zero-order chi connectivity index (χ0) is 14.5. The number of rotatable bonds is 5. The Balaban J connectivity index is 0.00000176. The predicted molar refractivity (Wildman–Crippen MR) is 92.7 cm³/mol. The van der Waals surface area contributed by atoms with E-state index in [9.17, 15) is 0 Å². The van der Waals surface area contributed by atoms with Crippen molar-refractivity contribution < 1.29 is 4.74 Å². The Kier molecular flexibility index (Phi) is 5.75. The minimum absolute atomic E-state index is 0. The van der Waals surface area contributed by atoms with Crippen molar-refractivity contribution in [2.75, 3.05) is 12.4 Å². The molecule has 0 unspecified atom stereocenters. The molecule has 0 atom stereocenters. The quantitative estimate of drug-likeness (QED) is 0.756. The molecule has 0 saturated heterocycles. The number of methoxy groups -OCH3 is 1. The second kappa shape index (κ2) is 7.77. The minimum atomic E-state index is 0. The van der Waals surface area contributed by atoms with Gasteiger partial charge in [-0.1, -0.05) is 18.2 Å². The van der Waals surface area contributed by atoms with Crippen molar-refractivity contribution in [2.45, 2.75) is 6.42 Å². The molecule has 0 radical (unpaired) electrons. The summed E-state index contributed by atoms with van der Waals surface area (Å²) in [5.41, 5.74) is 2.22. The van der Waals surface area contributed by atoms with E-state index in [1.54, 1.807) is 24.6 Å². The largest absolute Gasteiger partial charge is 0.497 e. The van der Waals surface area contributed by atoms with Crippen LogP contribution in [0.5, 0.6) is 5.75 Å². The van der Waals surface area contributed by atoms with E-state index in [-0.39, 0.29) is 12.4 Å². The van der Waals surface area contributed by atoms with Gasteiger partial charge in [-0.25, -0.2) is 9.97 Å². The van der Waals surface area contributed by atoms with E-state index >= 15 is 0 Å². The highest BCUT2D eigenvalue weighted by Crippen LogP contribution is 2.22. The summed E-state index contributed by atoms with van der Waals surface area (Å²) in [4.78, 5) is 8.81. The van der Waals surface area contributed by atoms with Gasteiger partial charge in [-0.3, -0.25) is 0 Å². The van der Waals surface area contributed by atoms with E-state index in [4.69, 9.17) is 4.74 Å². The molecule has 0 spiro atoms. The van der Waals surface area contributed by atoms with Crippen LogP contribution >= 0.6 is 23.7 Å². The van der Waals surface area contributed by atoms with Crippen molar-refractivity contribution in [3.8, 4) is 5.75 Å². The van der Waals surface area contributed by atoms with Gasteiger partial charge in [-0.2, -0.15) is 0 Å². The molecule has 3 aromatic rings. The molecule has 1 N–H and O–H groups in total. The smallest absolute Gasteiger partial charge is 0.188 e. The molecule has 0 aliphatic heterocycles. The van der Waals surface area contributed by atoms with Gasteiger partial charge in [0.1, 0.15) is 11.6 Å². The summed E-state index contributed by atoms with van der Waals surface area (Å²) in [6.07, 6.45) is 2.55. The van der Waals surface area contributed by atoms with Gasteiger partial charge in [0.15, 0.2) is 5.13 Å². The monoisotopic (exact) mass is 333 g/mol. The van der Waals surface area contributed by atoms with Crippen LogP contribution in [-0.2, 0) is 6.42 Å². The van der Waals surface area contributed by atoms with Gasteiger partial charge in [-0.15, -0.1) is 23.7 Å². The van der Waals surface area contributed by atoms with Gasteiger partial charge < -0.3 is 10.1 Å². The molecule has 0 amide bonds. The lowest BCUT2D eigenvalue weighted by Crippen LogP contribution is -1.93.